The van der Waals surface area contributed by atoms with Crippen LogP contribution in [-0.4, -0.2) is 16.3 Å². The maximum absolute atomic E-state index is 6.01. The third-order valence-electron chi connectivity index (χ3n) is 2.79. The highest BCUT2D eigenvalue weighted by molar-refractivity contribution is 6.34. The Morgan fingerprint density at radius 2 is 2.19 bits per heavy atom. The Kier molecular flexibility index (Phi) is 3.46. The van der Waals surface area contributed by atoms with E-state index in [0.29, 0.717) is 5.15 Å². The summed E-state index contributed by atoms with van der Waals surface area (Å²) >= 11 is 6.01. The molecule has 0 spiro atoms. The summed E-state index contributed by atoms with van der Waals surface area (Å²) in [5, 5.41) is 5.78. The van der Waals surface area contributed by atoms with Crippen molar-refractivity contribution in [3.8, 4) is 0 Å². The molecule has 0 unspecified atom stereocenters. The van der Waals surface area contributed by atoms with Gasteiger partial charge in [0.15, 0.2) is 5.15 Å². The number of rotatable bonds is 4. The molecular formula is C12H16ClN3. The summed E-state index contributed by atoms with van der Waals surface area (Å²) in [6, 6.07) is 6.32. The lowest BCUT2D eigenvalue weighted by Crippen LogP contribution is -1.99. The van der Waals surface area contributed by atoms with Gasteiger partial charge in [-0.3, -0.25) is 4.68 Å². The van der Waals surface area contributed by atoms with E-state index in [0.717, 1.165) is 36.7 Å². The summed E-state index contributed by atoms with van der Waals surface area (Å²) in [5.74, 6) is 0. The maximum atomic E-state index is 6.01. The van der Waals surface area contributed by atoms with E-state index >= 15 is 0 Å². The zero-order valence-electron chi connectivity index (χ0n) is 9.41. The number of fused-ring (bicyclic) bond motifs is 1. The molecule has 0 bridgehead atoms. The zero-order valence-corrected chi connectivity index (χ0v) is 10.2. The molecule has 4 heteroatoms. The highest BCUT2D eigenvalue weighted by Crippen LogP contribution is 2.23. The summed E-state index contributed by atoms with van der Waals surface area (Å²) in [6.07, 6.45) is 3.27. The second-order valence-corrected chi connectivity index (χ2v) is 4.37. The lowest BCUT2D eigenvalue weighted by atomic mass is 10.1. The van der Waals surface area contributed by atoms with Crippen LogP contribution in [-0.2, 0) is 13.5 Å². The molecule has 2 rings (SSSR count). The number of hydrogen-bond donors (Lipinski definition) is 1. The Labute approximate surface area is 100 Å². The number of aromatic nitrogens is 2. The van der Waals surface area contributed by atoms with E-state index in [1.54, 1.807) is 0 Å². The van der Waals surface area contributed by atoms with Crippen LogP contribution in [0.1, 0.15) is 18.4 Å². The third kappa shape index (κ3) is 2.20. The van der Waals surface area contributed by atoms with E-state index in [-0.39, 0.29) is 0 Å². The van der Waals surface area contributed by atoms with Gasteiger partial charge in [0.25, 0.3) is 0 Å². The largest absolute Gasteiger partial charge is 0.330 e. The van der Waals surface area contributed by atoms with Crippen LogP contribution in [0.5, 0.6) is 0 Å². The first kappa shape index (κ1) is 11.4. The quantitative estimate of drug-likeness (QED) is 0.831. The van der Waals surface area contributed by atoms with Crippen LogP contribution in [0.2, 0.25) is 5.15 Å². The number of nitrogens with two attached hydrogens (primary N) is 1. The molecule has 2 N–H and O–H groups in total. The van der Waals surface area contributed by atoms with Crippen LogP contribution in [0.25, 0.3) is 10.9 Å². The predicted octanol–water partition coefficient (Wildman–Crippen LogP) is 2.51. The van der Waals surface area contributed by atoms with Gasteiger partial charge in [0.2, 0.25) is 0 Å². The first-order valence-electron chi connectivity index (χ1n) is 5.53. The van der Waals surface area contributed by atoms with Crippen molar-refractivity contribution in [1.29, 1.82) is 0 Å². The maximum Gasteiger partial charge on any atom is 0.158 e. The first-order chi connectivity index (χ1) is 7.72. The molecule has 0 atom stereocenters. The predicted molar refractivity (Wildman–Crippen MR) is 67.7 cm³/mol. The molecule has 0 aliphatic rings. The summed E-state index contributed by atoms with van der Waals surface area (Å²) < 4.78 is 1.82. The van der Waals surface area contributed by atoms with Crippen molar-refractivity contribution in [2.75, 3.05) is 6.54 Å². The van der Waals surface area contributed by atoms with E-state index in [2.05, 4.69) is 17.2 Å². The van der Waals surface area contributed by atoms with Crippen LogP contribution in [0.3, 0.4) is 0 Å². The molecule has 1 aromatic carbocycles. The Balaban J connectivity index is 2.25. The molecule has 0 fully saturated rings. The fourth-order valence-corrected chi connectivity index (χ4v) is 2.16. The van der Waals surface area contributed by atoms with Crippen LogP contribution >= 0.6 is 11.6 Å². The molecule has 0 radical (unpaired) electrons. The monoisotopic (exact) mass is 237 g/mol. The van der Waals surface area contributed by atoms with E-state index in [9.17, 15) is 0 Å². The molecule has 3 nitrogen and oxygen atoms in total. The normalized spacial score (nSPS) is 11.2. The van der Waals surface area contributed by atoms with Crippen molar-refractivity contribution in [3.63, 3.8) is 0 Å². The second kappa shape index (κ2) is 4.85. The van der Waals surface area contributed by atoms with E-state index in [1.807, 2.05) is 17.8 Å². The van der Waals surface area contributed by atoms with Crippen LogP contribution in [0.15, 0.2) is 18.2 Å². The van der Waals surface area contributed by atoms with Gasteiger partial charge in [-0.15, -0.1) is 0 Å². The third-order valence-corrected chi connectivity index (χ3v) is 3.07. The van der Waals surface area contributed by atoms with Crippen LogP contribution in [0, 0.1) is 0 Å². The zero-order chi connectivity index (χ0) is 11.5. The van der Waals surface area contributed by atoms with Crippen molar-refractivity contribution in [2.24, 2.45) is 12.8 Å². The average Bonchev–Trinajstić information content (AvgIpc) is 2.55. The topological polar surface area (TPSA) is 43.8 Å². The molecule has 2 aromatic rings. The van der Waals surface area contributed by atoms with Gasteiger partial charge in [-0.2, -0.15) is 5.10 Å². The molecule has 0 aliphatic heterocycles. The van der Waals surface area contributed by atoms with Crippen molar-refractivity contribution >= 4 is 22.5 Å². The number of aryl methyl sites for hydroxylation is 2. The fraction of sp³-hybridized carbons (Fsp3) is 0.417. The molecular weight excluding hydrogens is 222 g/mol. The average molecular weight is 238 g/mol. The summed E-state index contributed by atoms with van der Waals surface area (Å²) in [7, 11) is 1.91. The highest BCUT2D eigenvalue weighted by Gasteiger charge is 2.06. The molecule has 0 saturated carbocycles. The second-order valence-electron chi connectivity index (χ2n) is 4.01. The van der Waals surface area contributed by atoms with Gasteiger partial charge >= 0.3 is 0 Å². The standard InChI is InChI=1S/C12H16ClN3/c1-16-11-8-9(4-2-3-7-14)5-6-10(11)12(13)15-16/h5-6,8H,2-4,7,14H2,1H3. The SMILES string of the molecule is Cn1nc(Cl)c2ccc(CCCCN)cc21. The van der Waals surface area contributed by atoms with Gasteiger partial charge in [-0.25, -0.2) is 0 Å². The smallest absolute Gasteiger partial charge is 0.158 e. The molecule has 1 heterocycles. The van der Waals surface area contributed by atoms with E-state index in [4.69, 9.17) is 17.3 Å². The van der Waals surface area contributed by atoms with Gasteiger partial charge in [0.1, 0.15) is 0 Å². The highest BCUT2D eigenvalue weighted by atomic mass is 35.5. The fourth-order valence-electron chi connectivity index (χ4n) is 1.89. The van der Waals surface area contributed by atoms with Gasteiger partial charge in [-0.05, 0) is 43.5 Å². The Bertz CT molecular complexity index is 490. The van der Waals surface area contributed by atoms with Gasteiger partial charge < -0.3 is 5.73 Å². The first-order valence-corrected chi connectivity index (χ1v) is 5.91. The number of unbranched alkanes of at least 4 members (excludes halogenated alkanes) is 1. The number of halogens is 1. The minimum Gasteiger partial charge on any atom is -0.330 e. The van der Waals surface area contributed by atoms with Crippen molar-refractivity contribution in [2.45, 2.75) is 19.3 Å². The number of nitrogens with zero attached hydrogens (tertiary/aromatic N) is 2. The Morgan fingerprint density at radius 1 is 1.38 bits per heavy atom. The lowest BCUT2D eigenvalue weighted by Gasteiger charge is -2.01. The van der Waals surface area contributed by atoms with E-state index in [1.165, 1.54) is 5.56 Å². The van der Waals surface area contributed by atoms with Crippen LogP contribution in [0.4, 0.5) is 0 Å². The summed E-state index contributed by atoms with van der Waals surface area (Å²) in [4.78, 5) is 0. The molecule has 0 aliphatic carbocycles. The molecule has 0 saturated heterocycles. The minimum absolute atomic E-state index is 0.575. The van der Waals surface area contributed by atoms with Crippen molar-refractivity contribution in [1.82, 2.24) is 9.78 Å². The Hall–Kier alpha value is -1.06. The molecule has 16 heavy (non-hydrogen) atoms. The molecule has 86 valence electrons. The Morgan fingerprint density at radius 3 is 2.94 bits per heavy atom. The van der Waals surface area contributed by atoms with E-state index < -0.39 is 0 Å². The van der Waals surface area contributed by atoms with Crippen molar-refractivity contribution < 1.29 is 0 Å². The van der Waals surface area contributed by atoms with Gasteiger partial charge in [0.05, 0.1) is 5.52 Å². The van der Waals surface area contributed by atoms with Crippen LogP contribution < -0.4 is 5.73 Å². The number of hydrogen-bond acceptors (Lipinski definition) is 2. The molecule has 0 amide bonds. The van der Waals surface area contributed by atoms with Gasteiger partial charge in [-0.1, -0.05) is 17.7 Å². The minimum atomic E-state index is 0.575. The number of benzene rings is 1. The molecule has 1 aromatic heterocycles. The van der Waals surface area contributed by atoms with Gasteiger partial charge in [0, 0.05) is 12.4 Å². The summed E-state index contributed by atoms with van der Waals surface area (Å²) in [6.45, 7) is 0.764. The lowest BCUT2D eigenvalue weighted by molar-refractivity contribution is 0.744. The van der Waals surface area contributed by atoms with Crippen molar-refractivity contribution in [3.05, 3.63) is 28.9 Å². The summed E-state index contributed by atoms with van der Waals surface area (Å²) in [5.41, 5.74) is 7.89.